The monoisotopic (exact) mass is 419 g/mol. The van der Waals surface area contributed by atoms with Crippen molar-refractivity contribution in [1.82, 2.24) is 19.1 Å². The molecule has 0 bridgehead atoms. The van der Waals surface area contributed by atoms with E-state index in [4.69, 9.17) is 11.6 Å². The van der Waals surface area contributed by atoms with Gasteiger partial charge in [-0.1, -0.05) is 17.7 Å². The molecule has 2 aromatic heterocycles. The maximum atomic E-state index is 12.6. The highest BCUT2D eigenvalue weighted by atomic mass is 35.5. The summed E-state index contributed by atoms with van der Waals surface area (Å²) in [5.41, 5.74) is 0.683. The van der Waals surface area contributed by atoms with E-state index in [9.17, 15) is 13.2 Å². The van der Waals surface area contributed by atoms with Crippen molar-refractivity contribution in [3.05, 3.63) is 65.4 Å². The number of amides is 1. The van der Waals surface area contributed by atoms with Gasteiger partial charge in [0.1, 0.15) is 5.82 Å². The molecular formula is C18H18ClN5O3S. The number of carbonyl (C=O) groups is 1. The minimum absolute atomic E-state index is 0.0570. The Morgan fingerprint density at radius 2 is 1.93 bits per heavy atom. The highest BCUT2D eigenvalue weighted by Crippen LogP contribution is 2.18. The largest absolute Gasteiger partial charge is 0.309 e. The molecule has 3 rings (SSSR count). The Morgan fingerprint density at radius 3 is 2.57 bits per heavy atom. The number of pyridine rings is 1. The van der Waals surface area contributed by atoms with E-state index in [1.807, 2.05) is 0 Å². The van der Waals surface area contributed by atoms with E-state index in [-0.39, 0.29) is 11.4 Å². The number of likely N-dealkylation sites (N-methyl/N-ethyl adjacent to an activating group) is 1. The van der Waals surface area contributed by atoms with Crippen molar-refractivity contribution in [3.63, 3.8) is 0 Å². The van der Waals surface area contributed by atoms with Crippen LogP contribution in [0.2, 0.25) is 5.02 Å². The molecule has 28 heavy (non-hydrogen) atoms. The minimum atomic E-state index is -3.82. The van der Waals surface area contributed by atoms with Gasteiger partial charge < -0.3 is 5.32 Å². The molecule has 0 radical (unpaired) electrons. The fourth-order valence-corrected chi connectivity index (χ4v) is 3.75. The van der Waals surface area contributed by atoms with Crippen LogP contribution < -0.4 is 5.32 Å². The van der Waals surface area contributed by atoms with Crippen molar-refractivity contribution in [2.24, 2.45) is 0 Å². The van der Waals surface area contributed by atoms with Gasteiger partial charge in [0.05, 0.1) is 17.1 Å². The number of nitrogens with zero attached hydrogens (tertiary/aromatic N) is 4. The minimum Gasteiger partial charge on any atom is -0.309 e. The first-order chi connectivity index (χ1) is 13.3. The lowest BCUT2D eigenvalue weighted by molar-refractivity contribution is -0.116. The lowest BCUT2D eigenvalue weighted by atomic mass is 10.4. The molecule has 8 nitrogen and oxygen atoms in total. The Kier molecular flexibility index (Phi) is 5.78. The Balaban J connectivity index is 1.75. The number of rotatable bonds is 6. The topological polar surface area (TPSA) is 97.2 Å². The van der Waals surface area contributed by atoms with E-state index in [1.54, 1.807) is 37.4 Å². The van der Waals surface area contributed by atoms with Gasteiger partial charge in [-0.05, 0) is 43.3 Å². The molecule has 0 aliphatic carbocycles. The Hall–Kier alpha value is -2.75. The van der Waals surface area contributed by atoms with Crippen LogP contribution in [0.15, 0.2) is 59.6 Å². The van der Waals surface area contributed by atoms with Crippen LogP contribution in [0.1, 0.15) is 5.69 Å². The van der Waals surface area contributed by atoms with Crippen molar-refractivity contribution >= 4 is 33.3 Å². The molecule has 2 heterocycles. The summed E-state index contributed by atoms with van der Waals surface area (Å²) in [4.78, 5) is 16.7. The zero-order chi connectivity index (χ0) is 20.3. The maximum Gasteiger partial charge on any atom is 0.243 e. The molecule has 1 amide bonds. The van der Waals surface area contributed by atoms with Gasteiger partial charge in [0.2, 0.25) is 15.9 Å². The third kappa shape index (κ3) is 4.38. The van der Waals surface area contributed by atoms with E-state index in [0.29, 0.717) is 22.4 Å². The smallest absolute Gasteiger partial charge is 0.243 e. The summed E-state index contributed by atoms with van der Waals surface area (Å²) in [5.74, 6) is 0.434. The number of anilines is 1. The normalized spacial score (nSPS) is 11.6. The fraction of sp³-hybridized carbons (Fsp3) is 0.167. The van der Waals surface area contributed by atoms with E-state index < -0.39 is 15.9 Å². The van der Waals surface area contributed by atoms with Crippen LogP contribution >= 0.6 is 11.6 Å². The van der Waals surface area contributed by atoms with E-state index >= 15 is 0 Å². The molecule has 0 unspecified atom stereocenters. The van der Waals surface area contributed by atoms with Crippen LogP contribution in [-0.4, -0.2) is 47.0 Å². The Bertz CT molecular complexity index is 1080. The number of sulfonamides is 1. The average molecular weight is 420 g/mol. The molecule has 0 atom stereocenters. The maximum absolute atomic E-state index is 12.6. The molecule has 1 N–H and O–H groups in total. The van der Waals surface area contributed by atoms with Gasteiger partial charge in [0.15, 0.2) is 5.82 Å². The SMILES string of the molecule is Cc1cc(NC(=O)CN(C)S(=O)(=O)c2ccc(Cl)cc2)n(-c2ccccn2)n1. The number of aromatic nitrogens is 3. The van der Waals surface area contributed by atoms with Gasteiger partial charge in [-0.25, -0.2) is 13.4 Å². The van der Waals surface area contributed by atoms with Gasteiger partial charge >= 0.3 is 0 Å². The standard InChI is InChI=1S/C18H18ClN5O3S/c1-13-11-17(24(22-13)16-5-3-4-10-20-16)21-18(25)12-23(2)28(26,27)15-8-6-14(19)7-9-15/h3-11H,12H2,1-2H3,(H,21,25). The first-order valence-electron chi connectivity index (χ1n) is 8.27. The summed E-state index contributed by atoms with van der Waals surface area (Å²) in [6.07, 6.45) is 1.62. The summed E-state index contributed by atoms with van der Waals surface area (Å²) in [6, 6.07) is 12.8. The van der Waals surface area contributed by atoms with Crippen LogP contribution in [0.4, 0.5) is 5.82 Å². The Labute approximate surface area is 167 Å². The number of nitrogens with one attached hydrogen (secondary N) is 1. The zero-order valence-corrected chi connectivity index (χ0v) is 16.8. The number of benzene rings is 1. The molecule has 0 saturated heterocycles. The summed E-state index contributed by atoms with van der Waals surface area (Å²) in [5, 5.41) is 7.43. The third-order valence-corrected chi connectivity index (χ3v) is 5.92. The van der Waals surface area contributed by atoms with Crippen LogP contribution in [0.25, 0.3) is 5.82 Å². The number of carbonyl (C=O) groups excluding carboxylic acids is 1. The van der Waals surface area contributed by atoms with E-state index in [2.05, 4.69) is 15.4 Å². The van der Waals surface area contributed by atoms with Crippen LogP contribution in [0.3, 0.4) is 0 Å². The Morgan fingerprint density at radius 1 is 1.21 bits per heavy atom. The van der Waals surface area contributed by atoms with Crippen molar-refractivity contribution in [1.29, 1.82) is 0 Å². The molecule has 3 aromatic rings. The lowest BCUT2D eigenvalue weighted by Crippen LogP contribution is -2.35. The molecule has 1 aromatic carbocycles. The third-order valence-electron chi connectivity index (χ3n) is 3.85. The second kappa shape index (κ2) is 8.09. The van der Waals surface area contributed by atoms with Crippen molar-refractivity contribution in [2.75, 3.05) is 18.9 Å². The van der Waals surface area contributed by atoms with E-state index in [1.165, 1.54) is 36.0 Å². The zero-order valence-electron chi connectivity index (χ0n) is 15.2. The summed E-state index contributed by atoms with van der Waals surface area (Å²) in [7, 11) is -2.48. The number of hydrogen-bond acceptors (Lipinski definition) is 5. The second-order valence-corrected chi connectivity index (χ2v) is 8.52. The average Bonchev–Trinajstić information content (AvgIpc) is 3.02. The lowest BCUT2D eigenvalue weighted by Gasteiger charge is -2.17. The molecule has 0 aliphatic heterocycles. The van der Waals surface area contributed by atoms with E-state index in [0.717, 1.165) is 4.31 Å². The predicted octanol–water partition coefficient (Wildman–Crippen LogP) is 2.49. The van der Waals surface area contributed by atoms with Gasteiger partial charge in [0, 0.05) is 24.3 Å². The molecular weight excluding hydrogens is 402 g/mol. The summed E-state index contributed by atoms with van der Waals surface area (Å²) in [6.45, 7) is 1.42. The van der Waals surface area contributed by atoms with Gasteiger partial charge in [-0.2, -0.15) is 14.1 Å². The highest BCUT2D eigenvalue weighted by Gasteiger charge is 2.23. The van der Waals surface area contributed by atoms with Gasteiger partial charge in [-0.3, -0.25) is 4.79 Å². The summed E-state index contributed by atoms with van der Waals surface area (Å²) >= 11 is 5.80. The molecule has 0 saturated carbocycles. The first kappa shape index (κ1) is 20.0. The molecule has 0 spiro atoms. The fourth-order valence-electron chi connectivity index (χ4n) is 2.50. The molecule has 146 valence electrons. The van der Waals surface area contributed by atoms with Crippen molar-refractivity contribution < 1.29 is 13.2 Å². The highest BCUT2D eigenvalue weighted by molar-refractivity contribution is 7.89. The van der Waals surface area contributed by atoms with Crippen molar-refractivity contribution in [3.8, 4) is 5.82 Å². The predicted molar refractivity (Wildman–Crippen MR) is 106 cm³/mol. The van der Waals surface area contributed by atoms with Crippen LogP contribution in [0, 0.1) is 6.92 Å². The number of hydrogen-bond donors (Lipinski definition) is 1. The van der Waals surface area contributed by atoms with Gasteiger partial charge in [0.25, 0.3) is 0 Å². The first-order valence-corrected chi connectivity index (χ1v) is 10.1. The van der Waals surface area contributed by atoms with Gasteiger partial charge in [-0.15, -0.1) is 0 Å². The second-order valence-electron chi connectivity index (χ2n) is 6.03. The summed E-state index contributed by atoms with van der Waals surface area (Å²) < 4.78 is 27.7. The molecule has 0 aliphatic rings. The van der Waals surface area contributed by atoms with Crippen LogP contribution in [0.5, 0.6) is 0 Å². The van der Waals surface area contributed by atoms with Crippen molar-refractivity contribution in [2.45, 2.75) is 11.8 Å². The quantitative estimate of drug-likeness (QED) is 0.662. The number of halogens is 1. The van der Waals surface area contributed by atoms with Crippen LogP contribution in [-0.2, 0) is 14.8 Å². The number of aryl methyl sites for hydroxylation is 1. The molecule has 10 heteroatoms. The molecule has 0 fully saturated rings.